The molecule has 0 aliphatic carbocycles. The molecule has 0 atom stereocenters. The van der Waals surface area contributed by atoms with Crippen LogP contribution in [0.4, 0.5) is 0 Å². The summed E-state index contributed by atoms with van der Waals surface area (Å²) >= 11 is 0. The second-order valence-corrected chi connectivity index (χ2v) is 7.28. The molecule has 0 fully saturated rings. The summed E-state index contributed by atoms with van der Waals surface area (Å²) in [7, 11) is 1.57. The number of carbonyl (C=O) groups excluding carboxylic acids is 1. The number of furan rings is 1. The first-order valence-corrected chi connectivity index (χ1v) is 9.94. The van der Waals surface area contributed by atoms with Crippen LogP contribution in [0, 0.1) is 13.8 Å². The van der Waals surface area contributed by atoms with Crippen LogP contribution in [-0.2, 0) is 11.2 Å². The fraction of sp³-hybridized carbons (Fsp3) is 0.250. The highest BCUT2D eigenvalue weighted by molar-refractivity contribution is 5.96. The van der Waals surface area contributed by atoms with E-state index < -0.39 is 5.63 Å². The Bertz CT molecular complexity index is 1320. The fourth-order valence-electron chi connectivity index (χ4n) is 3.55. The highest BCUT2D eigenvalue weighted by Crippen LogP contribution is 2.29. The SMILES string of the molecule is COc1ccccc1OCCNC(=O)Cc1c(C)c2cc3c(C)coc3cc2oc1=O. The van der Waals surface area contributed by atoms with Gasteiger partial charge in [-0.2, -0.15) is 0 Å². The van der Waals surface area contributed by atoms with E-state index in [-0.39, 0.29) is 18.9 Å². The number of carbonyl (C=O) groups is 1. The number of nitrogens with one attached hydrogen (secondary N) is 1. The third kappa shape index (κ3) is 4.12. The molecule has 0 aliphatic heterocycles. The summed E-state index contributed by atoms with van der Waals surface area (Å²) in [6.45, 7) is 4.35. The largest absolute Gasteiger partial charge is 0.493 e. The average molecular weight is 421 g/mol. The number of para-hydroxylation sites is 2. The van der Waals surface area contributed by atoms with Gasteiger partial charge in [-0.1, -0.05) is 12.1 Å². The molecular formula is C24H23NO6. The Labute approximate surface area is 178 Å². The molecule has 0 saturated heterocycles. The molecule has 0 bridgehead atoms. The molecule has 0 radical (unpaired) electrons. The third-order valence-corrected chi connectivity index (χ3v) is 5.26. The molecule has 7 nitrogen and oxygen atoms in total. The van der Waals surface area contributed by atoms with Crippen molar-refractivity contribution in [2.75, 3.05) is 20.3 Å². The quantitative estimate of drug-likeness (QED) is 0.359. The lowest BCUT2D eigenvalue weighted by molar-refractivity contribution is -0.120. The number of fused-ring (bicyclic) bond motifs is 2. The van der Waals surface area contributed by atoms with Gasteiger partial charge in [-0.25, -0.2) is 4.79 Å². The van der Waals surface area contributed by atoms with Crippen LogP contribution >= 0.6 is 0 Å². The van der Waals surface area contributed by atoms with Crippen LogP contribution in [0.3, 0.4) is 0 Å². The maximum Gasteiger partial charge on any atom is 0.340 e. The van der Waals surface area contributed by atoms with Gasteiger partial charge in [-0.3, -0.25) is 4.79 Å². The van der Waals surface area contributed by atoms with Crippen molar-refractivity contribution in [2.24, 2.45) is 0 Å². The molecule has 2 aromatic heterocycles. The van der Waals surface area contributed by atoms with Gasteiger partial charge >= 0.3 is 5.63 Å². The van der Waals surface area contributed by atoms with E-state index >= 15 is 0 Å². The molecule has 7 heteroatoms. The van der Waals surface area contributed by atoms with Crippen molar-refractivity contribution in [3.8, 4) is 11.5 Å². The summed E-state index contributed by atoms with van der Waals surface area (Å²) in [6.07, 6.45) is 1.60. The predicted octanol–water partition coefficient (Wildman–Crippen LogP) is 3.90. The van der Waals surface area contributed by atoms with E-state index in [9.17, 15) is 9.59 Å². The van der Waals surface area contributed by atoms with Crippen molar-refractivity contribution < 1.29 is 23.1 Å². The van der Waals surface area contributed by atoms with Crippen LogP contribution in [0.15, 0.2) is 56.3 Å². The van der Waals surface area contributed by atoms with E-state index in [2.05, 4.69) is 5.32 Å². The van der Waals surface area contributed by atoms with Crippen molar-refractivity contribution >= 4 is 27.8 Å². The summed E-state index contributed by atoms with van der Waals surface area (Å²) in [5.74, 6) is 0.949. The van der Waals surface area contributed by atoms with Crippen molar-refractivity contribution in [1.82, 2.24) is 5.32 Å². The standard InChI is InChI=1S/C24H23NO6/c1-14-13-30-21-12-22-17(10-16(14)21)15(2)18(24(27)31-22)11-23(26)25-8-9-29-20-7-5-4-6-19(20)28-3/h4-7,10,12-13H,8-9,11H2,1-3H3,(H,25,26). The van der Waals surface area contributed by atoms with E-state index in [4.69, 9.17) is 18.3 Å². The molecule has 0 saturated carbocycles. The first kappa shape index (κ1) is 20.5. The lowest BCUT2D eigenvalue weighted by Crippen LogP contribution is -2.31. The van der Waals surface area contributed by atoms with Crippen LogP contribution in [0.2, 0.25) is 0 Å². The first-order chi connectivity index (χ1) is 15.0. The zero-order valence-electron chi connectivity index (χ0n) is 17.6. The van der Waals surface area contributed by atoms with Gasteiger partial charge in [0, 0.05) is 16.8 Å². The number of hydrogen-bond acceptors (Lipinski definition) is 6. The highest BCUT2D eigenvalue weighted by atomic mass is 16.5. The molecule has 1 N–H and O–H groups in total. The van der Waals surface area contributed by atoms with E-state index in [1.807, 2.05) is 32.0 Å². The Balaban J connectivity index is 1.45. The van der Waals surface area contributed by atoms with Crippen molar-refractivity contribution in [3.63, 3.8) is 0 Å². The number of amides is 1. The maximum absolute atomic E-state index is 12.5. The molecule has 0 spiro atoms. The minimum Gasteiger partial charge on any atom is -0.493 e. The number of aryl methyl sites for hydroxylation is 2. The minimum atomic E-state index is -0.520. The summed E-state index contributed by atoms with van der Waals surface area (Å²) < 4.78 is 21.8. The molecular weight excluding hydrogens is 398 g/mol. The van der Waals surface area contributed by atoms with E-state index in [0.717, 1.165) is 21.9 Å². The van der Waals surface area contributed by atoms with Crippen LogP contribution in [-0.4, -0.2) is 26.2 Å². The Morgan fingerprint density at radius 2 is 1.84 bits per heavy atom. The topological polar surface area (TPSA) is 90.9 Å². The minimum absolute atomic E-state index is 0.0683. The number of hydrogen-bond donors (Lipinski definition) is 1. The maximum atomic E-state index is 12.5. The van der Waals surface area contributed by atoms with E-state index in [1.54, 1.807) is 31.6 Å². The van der Waals surface area contributed by atoms with Gasteiger partial charge in [0.15, 0.2) is 11.5 Å². The second-order valence-electron chi connectivity index (χ2n) is 7.28. The van der Waals surface area contributed by atoms with Gasteiger partial charge < -0.3 is 23.6 Å². The molecule has 1 amide bonds. The third-order valence-electron chi connectivity index (χ3n) is 5.26. The molecule has 0 aliphatic rings. The molecule has 0 unspecified atom stereocenters. The Morgan fingerprint density at radius 3 is 2.61 bits per heavy atom. The van der Waals surface area contributed by atoms with Crippen molar-refractivity contribution in [2.45, 2.75) is 20.3 Å². The number of methoxy groups -OCH3 is 1. The Morgan fingerprint density at radius 1 is 1.06 bits per heavy atom. The molecule has 4 rings (SSSR count). The van der Waals surface area contributed by atoms with Crippen molar-refractivity contribution in [3.05, 3.63) is 69.8 Å². The van der Waals surface area contributed by atoms with Gasteiger partial charge in [-0.05, 0) is 43.2 Å². The van der Waals surface area contributed by atoms with Gasteiger partial charge in [0.25, 0.3) is 0 Å². The lowest BCUT2D eigenvalue weighted by Gasteiger charge is -2.11. The molecule has 2 aromatic carbocycles. The number of ether oxygens (including phenoxy) is 2. The second kappa shape index (κ2) is 8.55. The average Bonchev–Trinajstić information content (AvgIpc) is 3.13. The first-order valence-electron chi connectivity index (χ1n) is 9.94. The van der Waals surface area contributed by atoms with E-state index in [1.165, 1.54) is 0 Å². The molecule has 2 heterocycles. The molecule has 160 valence electrons. The lowest BCUT2D eigenvalue weighted by atomic mass is 10.0. The Hall–Kier alpha value is -3.74. The summed E-state index contributed by atoms with van der Waals surface area (Å²) in [6, 6.07) is 10.9. The number of rotatable bonds is 7. The van der Waals surface area contributed by atoms with Gasteiger partial charge in [0.2, 0.25) is 5.91 Å². The fourth-order valence-corrected chi connectivity index (χ4v) is 3.55. The van der Waals surface area contributed by atoms with Gasteiger partial charge in [0.05, 0.1) is 31.9 Å². The van der Waals surface area contributed by atoms with E-state index in [0.29, 0.717) is 34.8 Å². The van der Waals surface area contributed by atoms with Crippen LogP contribution in [0.25, 0.3) is 21.9 Å². The summed E-state index contributed by atoms with van der Waals surface area (Å²) in [4.78, 5) is 24.9. The van der Waals surface area contributed by atoms with Crippen LogP contribution in [0.1, 0.15) is 16.7 Å². The number of benzene rings is 2. The highest BCUT2D eigenvalue weighted by Gasteiger charge is 2.16. The predicted molar refractivity (Wildman–Crippen MR) is 117 cm³/mol. The van der Waals surface area contributed by atoms with Crippen LogP contribution in [0.5, 0.6) is 11.5 Å². The smallest absolute Gasteiger partial charge is 0.340 e. The van der Waals surface area contributed by atoms with Crippen LogP contribution < -0.4 is 20.4 Å². The molecule has 4 aromatic rings. The van der Waals surface area contributed by atoms with Crippen molar-refractivity contribution in [1.29, 1.82) is 0 Å². The normalized spacial score (nSPS) is 11.1. The zero-order chi connectivity index (χ0) is 22.0. The summed E-state index contributed by atoms with van der Waals surface area (Å²) in [5.41, 5.74) is 2.65. The van der Waals surface area contributed by atoms with Gasteiger partial charge in [-0.15, -0.1) is 0 Å². The van der Waals surface area contributed by atoms with Gasteiger partial charge in [0.1, 0.15) is 17.8 Å². The monoisotopic (exact) mass is 421 g/mol. The summed E-state index contributed by atoms with van der Waals surface area (Å²) in [5, 5.41) is 4.52. The zero-order valence-corrected chi connectivity index (χ0v) is 17.6. The molecule has 31 heavy (non-hydrogen) atoms. The Kier molecular flexibility index (Phi) is 5.66.